The number of hydrogen-bond donors (Lipinski definition) is 1. The summed E-state index contributed by atoms with van der Waals surface area (Å²) in [5, 5.41) is 4.16. The molecule has 2 aromatic heterocycles. The summed E-state index contributed by atoms with van der Waals surface area (Å²) >= 11 is 0. The van der Waals surface area contributed by atoms with E-state index in [-0.39, 0.29) is 0 Å². The van der Waals surface area contributed by atoms with Gasteiger partial charge in [-0.25, -0.2) is 9.67 Å². The highest BCUT2D eigenvalue weighted by Gasteiger charge is 2.03. The quantitative estimate of drug-likeness (QED) is 0.811. The highest BCUT2D eigenvalue weighted by Crippen LogP contribution is 2.10. The number of ether oxygens (including phenoxy) is 1. The van der Waals surface area contributed by atoms with Gasteiger partial charge >= 0.3 is 0 Å². The van der Waals surface area contributed by atoms with Crippen LogP contribution in [0.15, 0.2) is 24.5 Å². The van der Waals surface area contributed by atoms with Crippen LogP contribution < -0.4 is 10.5 Å². The number of aromatic nitrogens is 4. The van der Waals surface area contributed by atoms with Crippen LogP contribution in [-0.4, -0.2) is 26.4 Å². The Kier molecular flexibility index (Phi) is 3.11. The van der Waals surface area contributed by atoms with Crippen molar-refractivity contribution in [3.8, 4) is 11.7 Å². The van der Waals surface area contributed by atoms with Crippen LogP contribution in [0.3, 0.4) is 0 Å². The molecule has 0 saturated heterocycles. The van der Waals surface area contributed by atoms with E-state index in [1.807, 2.05) is 19.1 Å². The van der Waals surface area contributed by atoms with E-state index >= 15 is 0 Å². The molecule has 0 bridgehead atoms. The maximum absolute atomic E-state index is 5.44. The van der Waals surface area contributed by atoms with Gasteiger partial charge in [-0.15, -0.1) is 5.10 Å². The second-order valence-corrected chi connectivity index (χ2v) is 3.08. The van der Waals surface area contributed by atoms with Crippen LogP contribution in [0.2, 0.25) is 0 Å². The number of rotatable bonds is 4. The van der Waals surface area contributed by atoms with Crippen LogP contribution in [0, 0.1) is 0 Å². The average molecular weight is 219 g/mol. The second-order valence-electron chi connectivity index (χ2n) is 3.08. The summed E-state index contributed by atoms with van der Waals surface area (Å²) in [5.74, 6) is 1.83. The average Bonchev–Trinajstić information content (AvgIpc) is 2.78. The molecule has 2 heterocycles. The van der Waals surface area contributed by atoms with Crippen molar-refractivity contribution < 1.29 is 4.74 Å². The van der Waals surface area contributed by atoms with Gasteiger partial charge in [0.1, 0.15) is 6.33 Å². The summed E-state index contributed by atoms with van der Waals surface area (Å²) in [5.41, 5.74) is 5.44. The Morgan fingerprint density at radius 2 is 2.31 bits per heavy atom. The van der Waals surface area contributed by atoms with E-state index in [1.165, 1.54) is 0 Å². The molecule has 0 aliphatic carbocycles. The van der Waals surface area contributed by atoms with Crippen molar-refractivity contribution in [3.05, 3.63) is 30.4 Å². The van der Waals surface area contributed by atoms with Crippen LogP contribution in [0.5, 0.6) is 5.88 Å². The maximum Gasteiger partial charge on any atom is 0.215 e. The van der Waals surface area contributed by atoms with E-state index in [1.54, 1.807) is 17.1 Å². The maximum atomic E-state index is 5.44. The molecule has 0 amide bonds. The second kappa shape index (κ2) is 4.71. The largest absolute Gasteiger partial charge is 0.478 e. The van der Waals surface area contributed by atoms with Crippen molar-refractivity contribution >= 4 is 0 Å². The van der Waals surface area contributed by atoms with E-state index in [4.69, 9.17) is 10.5 Å². The van der Waals surface area contributed by atoms with Gasteiger partial charge in [0, 0.05) is 6.07 Å². The molecule has 6 heteroatoms. The minimum absolute atomic E-state index is 0.318. The van der Waals surface area contributed by atoms with E-state index < -0.39 is 0 Å². The Hall–Kier alpha value is -1.95. The molecule has 0 saturated carbocycles. The summed E-state index contributed by atoms with van der Waals surface area (Å²) in [6.45, 7) is 2.82. The molecule has 16 heavy (non-hydrogen) atoms. The predicted molar refractivity (Wildman–Crippen MR) is 58.2 cm³/mol. The van der Waals surface area contributed by atoms with Crippen molar-refractivity contribution in [2.24, 2.45) is 5.73 Å². The third-order valence-electron chi connectivity index (χ3n) is 1.96. The van der Waals surface area contributed by atoms with Gasteiger partial charge in [0.15, 0.2) is 11.6 Å². The zero-order chi connectivity index (χ0) is 11.4. The molecule has 2 rings (SSSR count). The van der Waals surface area contributed by atoms with Crippen LogP contribution in [0.25, 0.3) is 5.82 Å². The van der Waals surface area contributed by atoms with E-state index in [9.17, 15) is 0 Å². The van der Waals surface area contributed by atoms with Gasteiger partial charge in [0.25, 0.3) is 0 Å². The zero-order valence-corrected chi connectivity index (χ0v) is 9.00. The molecule has 0 atom stereocenters. The van der Waals surface area contributed by atoms with E-state index in [0.29, 0.717) is 30.7 Å². The normalized spacial score (nSPS) is 10.4. The molecule has 2 aromatic rings. The van der Waals surface area contributed by atoms with Gasteiger partial charge in [0.2, 0.25) is 5.88 Å². The standard InChI is InChI=1S/C10H13N5O/c1-2-16-10-5-3-4-9(13-10)15-7-12-8(6-11)14-15/h3-5,7H,2,6,11H2,1H3. The Labute approximate surface area is 93.1 Å². The molecule has 84 valence electrons. The van der Waals surface area contributed by atoms with Gasteiger partial charge in [-0.3, -0.25) is 0 Å². The SMILES string of the molecule is CCOc1cccc(-n2cnc(CN)n2)n1. The molecule has 0 fully saturated rings. The van der Waals surface area contributed by atoms with Crippen molar-refractivity contribution in [2.45, 2.75) is 13.5 Å². The van der Waals surface area contributed by atoms with Gasteiger partial charge in [-0.05, 0) is 13.0 Å². The topological polar surface area (TPSA) is 78.9 Å². The fourth-order valence-corrected chi connectivity index (χ4v) is 1.26. The lowest BCUT2D eigenvalue weighted by Crippen LogP contribution is -2.03. The molecule has 0 aromatic carbocycles. The molecule has 0 aliphatic rings. The molecule has 2 N–H and O–H groups in total. The number of pyridine rings is 1. The summed E-state index contributed by atoms with van der Waals surface area (Å²) in [6, 6.07) is 5.49. The predicted octanol–water partition coefficient (Wildman–Crippen LogP) is 0.520. The first-order valence-corrected chi connectivity index (χ1v) is 5.04. The third kappa shape index (κ3) is 2.17. The number of nitrogens with zero attached hydrogens (tertiary/aromatic N) is 4. The van der Waals surface area contributed by atoms with Gasteiger partial charge < -0.3 is 10.5 Å². The summed E-state index contributed by atoms with van der Waals surface area (Å²) in [6.07, 6.45) is 1.58. The van der Waals surface area contributed by atoms with Crippen LogP contribution in [-0.2, 0) is 6.54 Å². The smallest absolute Gasteiger partial charge is 0.215 e. The molecular formula is C10H13N5O. The highest BCUT2D eigenvalue weighted by molar-refractivity contribution is 5.25. The van der Waals surface area contributed by atoms with Crippen LogP contribution in [0.1, 0.15) is 12.7 Å². The molecule has 0 aliphatic heterocycles. The molecule has 6 nitrogen and oxygen atoms in total. The van der Waals surface area contributed by atoms with Gasteiger partial charge in [0.05, 0.1) is 13.2 Å². The van der Waals surface area contributed by atoms with Crippen LogP contribution >= 0.6 is 0 Å². The first-order valence-electron chi connectivity index (χ1n) is 5.04. The van der Waals surface area contributed by atoms with Crippen molar-refractivity contribution in [3.63, 3.8) is 0 Å². The fraction of sp³-hybridized carbons (Fsp3) is 0.300. The Morgan fingerprint density at radius 1 is 1.44 bits per heavy atom. The van der Waals surface area contributed by atoms with Crippen LogP contribution in [0.4, 0.5) is 0 Å². The first-order chi connectivity index (χ1) is 7.83. The van der Waals surface area contributed by atoms with E-state index in [0.717, 1.165) is 0 Å². The summed E-state index contributed by atoms with van der Waals surface area (Å²) in [7, 11) is 0. The Bertz CT molecular complexity index is 468. The number of nitrogens with two attached hydrogens (primary N) is 1. The lowest BCUT2D eigenvalue weighted by molar-refractivity contribution is 0.326. The molecular weight excluding hydrogens is 206 g/mol. The minimum atomic E-state index is 0.318. The summed E-state index contributed by atoms with van der Waals surface area (Å²) in [4.78, 5) is 8.31. The fourth-order valence-electron chi connectivity index (χ4n) is 1.26. The lowest BCUT2D eigenvalue weighted by atomic mass is 10.4. The third-order valence-corrected chi connectivity index (χ3v) is 1.96. The Balaban J connectivity index is 2.28. The lowest BCUT2D eigenvalue weighted by Gasteiger charge is -2.03. The Morgan fingerprint density at radius 3 is 3.00 bits per heavy atom. The highest BCUT2D eigenvalue weighted by atomic mass is 16.5. The van der Waals surface area contributed by atoms with Gasteiger partial charge in [-0.2, -0.15) is 4.98 Å². The number of hydrogen-bond acceptors (Lipinski definition) is 5. The first kappa shape index (κ1) is 10.6. The molecule has 0 unspecified atom stereocenters. The molecule has 0 spiro atoms. The van der Waals surface area contributed by atoms with Crippen molar-refractivity contribution in [2.75, 3.05) is 6.61 Å². The summed E-state index contributed by atoms with van der Waals surface area (Å²) < 4.78 is 6.88. The van der Waals surface area contributed by atoms with Gasteiger partial charge in [-0.1, -0.05) is 6.07 Å². The van der Waals surface area contributed by atoms with Crippen molar-refractivity contribution in [1.29, 1.82) is 0 Å². The molecule has 0 radical (unpaired) electrons. The zero-order valence-electron chi connectivity index (χ0n) is 9.00. The monoisotopic (exact) mass is 219 g/mol. The minimum Gasteiger partial charge on any atom is -0.478 e. The van der Waals surface area contributed by atoms with E-state index in [2.05, 4.69) is 15.1 Å². The van der Waals surface area contributed by atoms with Crippen molar-refractivity contribution in [1.82, 2.24) is 19.7 Å².